The summed E-state index contributed by atoms with van der Waals surface area (Å²) in [4.78, 5) is 11.7. The Kier molecular flexibility index (Phi) is 12.9. The van der Waals surface area contributed by atoms with E-state index in [-0.39, 0.29) is 10.8 Å². The quantitative estimate of drug-likeness (QED) is 0.174. The fourth-order valence-corrected chi connectivity index (χ4v) is 6.31. The lowest BCUT2D eigenvalue weighted by molar-refractivity contribution is 0.340. The van der Waals surface area contributed by atoms with Gasteiger partial charge in [-0.05, 0) is 47.4 Å². The van der Waals surface area contributed by atoms with E-state index in [1.54, 1.807) is 0 Å². The topological polar surface area (TPSA) is 38.7 Å². The summed E-state index contributed by atoms with van der Waals surface area (Å²) in [6.45, 7) is 15.5. The van der Waals surface area contributed by atoms with E-state index in [2.05, 4.69) is 60.6 Å². The minimum absolute atomic E-state index is 0.0417. The van der Waals surface area contributed by atoms with Gasteiger partial charge in [0.2, 0.25) is 0 Å². The van der Waals surface area contributed by atoms with Crippen molar-refractivity contribution in [3.63, 3.8) is 0 Å². The van der Waals surface area contributed by atoms with Crippen LogP contribution in [0.3, 0.4) is 0 Å². The van der Waals surface area contributed by atoms with Crippen LogP contribution in [0.2, 0.25) is 0 Å². The summed E-state index contributed by atoms with van der Waals surface area (Å²) in [6.07, 6.45) is 14.5. The van der Waals surface area contributed by atoms with Crippen molar-refractivity contribution in [2.75, 3.05) is 6.16 Å². The van der Waals surface area contributed by atoms with E-state index in [4.69, 9.17) is 9.05 Å². The number of hydrogen-bond donors (Lipinski definition) is 1. The van der Waals surface area contributed by atoms with Crippen molar-refractivity contribution < 1.29 is 13.9 Å². The van der Waals surface area contributed by atoms with Crippen LogP contribution in [-0.4, -0.2) is 11.1 Å². The summed E-state index contributed by atoms with van der Waals surface area (Å²) in [5.41, 5.74) is 2.29. The van der Waals surface area contributed by atoms with Crippen LogP contribution >= 0.6 is 7.94 Å². The molecule has 1 unspecified atom stereocenters. The Labute approximate surface area is 229 Å². The van der Waals surface area contributed by atoms with Gasteiger partial charge in [-0.1, -0.05) is 137 Å². The Balaban J connectivity index is 2.04. The molecule has 0 saturated carbocycles. The number of unbranched alkanes of at least 4 members (excludes halogenated alkanes) is 10. The highest BCUT2D eigenvalue weighted by molar-refractivity contribution is 7.61. The summed E-state index contributed by atoms with van der Waals surface area (Å²) in [7, 11) is -3.14. The molecule has 1 N–H and O–H groups in total. The van der Waals surface area contributed by atoms with E-state index in [0.29, 0.717) is 11.9 Å². The van der Waals surface area contributed by atoms with Crippen molar-refractivity contribution >= 4 is 7.94 Å². The van der Waals surface area contributed by atoms with Gasteiger partial charge in [-0.3, -0.25) is 9.05 Å². The van der Waals surface area contributed by atoms with Crippen LogP contribution in [0.5, 0.6) is 11.5 Å². The highest BCUT2D eigenvalue weighted by atomic mass is 31.2. The molecular formula is C33H54O3P+. The van der Waals surface area contributed by atoms with E-state index < -0.39 is 7.94 Å². The largest absolute Gasteiger partial charge is 0.495 e. The zero-order chi connectivity index (χ0) is 27.4. The molecule has 4 heteroatoms. The first kappa shape index (κ1) is 31.6. The van der Waals surface area contributed by atoms with Gasteiger partial charge >= 0.3 is 7.94 Å². The van der Waals surface area contributed by atoms with Crippen LogP contribution in [0.1, 0.15) is 130 Å². The Morgan fingerprint density at radius 3 is 1.70 bits per heavy atom. The van der Waals surface area contributed by atoms with Crippen molar-refractivity contribution in [2.45, 2.75) is 130 Å². The molecule has 37 heavy (non-hydrogen) atoms. The maximum atomic E-state index is 11.7. The molecule has 0 saturated heterocycles. The Morgan fingerprint density at radius 2 is 1.19 bits per heavy atom. The lowest BCUT2D eigenvalue weighted by atomic mass is 9.80. The van der Waals surface area contributed by atoms with Crippen molar-refractivity contribution in [1.82, 2.24) is 0 Å². The first-order chi connectivity index (χ1) is 17.4. The number of benzene rings is 2. The average Bonchev–Trinajstić information content (AvgIpc) is 2.82. The molecule has 0 amide bonds. The van der Waals surface area contributed by atoms with Crippen molar-refractivity contribution in [2.24, 2.45) is 0 Å². The summed E-state index contributed by atoms with van der Waals surface area (Å²) in [6, 6.07) is 16.0. The summed E-state index contributed by atoms with van der Waals surface area (Å²) in [5.74, 6) is 1.39. The standard InChI is InChI=1S/C33H54O3P/c1-8-9-10-11-12-13-14-15-16-17-21-26-37(34,35-29-22-19-18-20-23-29)36-31-25-24-28(32(2,3)4)27-30(31)33(5,6)7/h18-20,22-25,27,34H,8-17,21,26H2,1-7H3/q+1. The number of para-hydroxylation sites is 1. The van der Waals surface area contributed by atoms with Gasteiger partial charge in [0.25, 0.3) is 0 Å². The molecule has 2 aromatic rings. The lowest BCUT2D eigenvalue weighted by Crippen LogP contribution is -2.19. The molecular weight excluding hydrogens is 475 g/mol. The molecule has 1 atom stereocenters. The molecule has 0 aliphatic carbocycles. The molecule has 208 valence electrons. The third-order valence-electron chi connectivity index (χ3n) is 6.93. The molecule has 2 rings (SSSR count). The van der Waals surface area contributed by atoms with E-state index in [1.165, 1.54) is 63.4 Å². The van der Waals surface area contributed by atoms with E-state index in [9.17, 15) is 4.89 Å². The van der Waals surface area contributed by atoms with Gasteiger partial charge in [0, 0.05) is 5.56 Å². The van der Waals surface area contributed by atoms with Gasteiger partial charge in [-0.15, -0.1) is 0 Å². The predicted molar refractivity (Wildman–Crippen MR) is 162 cm³/mol. The van der Waals surface area contributed by atoms with Gasteiger partial charge < -0.3 is 0 Å². The second-order valence-corrected chi connectivity index (χ2v) is 14.7. The summed E-state index contributed by atoms with van der Waals surface area (Å²) in [5, 5.41) is 0. The predicted octanol–water partition coefficient (Wildman–Crippen LogP) is 10.8. The number of hydrogen-bond acceptors (Lipinski definition) is 3. The van der Waals surface area contributed by atoms with Crippen LogP contribution in [0.15, 0.2) is 48.5 Å². The molecule has 0 radical (unpaired) electrons. The Morgan fingerprint density at radius 1 is 0.649 bits per heavy atom. The fraction of sp³-hybridized carbons (Fsp3) is 0.636. The number of rotatable bonds is 16. The molecule has 0 aliphatic heterocycles. The summed E-state index contributed by atoms with van der Waals surface area (Å²) >= 11 is 0. The van der Waals surface area contributed by atoms with Gasteiger partial charge in [0.1, 0.15) is 0 Å². The monoisotopic (exact) mass is 529 g/mol. The third-order valence-corrected chi connectivity index (χ3v) is 8.79. The molecule has 0 fully saturated rings. The smallest absolute Gasteiger partial charge is 0.278 e. The van der Waals surface area contributed by atoms with Crippen LogP contribution in [0.25, 0.3) is 0 Å². The van der Waals surface area contributed by atoms with Crippen molar-refractivity contribution in [1.29, 1.82) is 0 Å². The van der Waals surface area contributed by atoms with Gasteiger partial charge in [-0.25, -0.2) is 0 Å². The fourth-order valence-electron chi connectivity index (χ4n) is 4.55. The van der Waals surface area contributed by atoms with E-state index in [0.717, 1.165) is 24.2 Å². The second kappa shape index (κ2) is 15.1. The first-order valence-corrected chi connectivity index (χ1v) is 16.4. The molecule has 0 heterocycles. The normalized spacial score (nSPS) is 13.8. The molecule has 0 bridgehead atoms. The summed E-state index contributed by atoms with van der Waals surface area (Å²) < 4.78 is 12.7. The van der Waals surface area contributed by atoms with E-state index in [1.807, 2.05) is 36.4 Å². The molecule has 0 aromatic heterocycles. The SMILES string of the molecule is CCCCCCCCCCCCC[P+](O)(Oc1ccccc1)Oc1ccc(C(C)(C)C)cc1C(C)(C)C. The van der Waals surface area contributed by atoms with Crippen LogP contribution < -0.4 is 9.05 Å². The van der Waals surface area contributed by atoms with Crippen LogP contribution in [-0.2, 0) is 10.8 Å². The Bertz CT molecular complexity index is 898. The second-order valence-electron chi connectivity index (χ2n) is 12.6. The highest BCUT2D eigenvalue weighted by Gasteiger charge is 2.44. The highest BCUT2D eigenvalue weighted by Crippen LogP contribution is 2.58. The zero-order valence-electron chi connectivity index (χ0n) is 24.8. The van der Waals surface area contributed by atoms with E-state index >= 15 is 0 Å². The minimum Gasteiger partial charge on any atom is -0.278 e. The average molecular weight is 530 g/mol. The van der Waals surface area contributed by atoms with Crippen molar-refractivity contribution in [3.8, 4) is 11.5 Å². The zero-order valence-corrected chi connectivity index (χ0v) is 25.7. The van der Waals surface area contributed by atoms with Crippen molar-refractivity contribution in [3.05, 3.63) is 59.7 Å². The van der Waals surface area contributed by atoms with Crippen LogP contribution in [0.4, 0.5) is 0 Å². The lowest BCUT2D eigenvalue weighted by Gasteiger charge is -2.27. The molecule has 3 nitrogen and oxygen atoms in total. The van der Waals surface area contributed by atoms with Gasteiger partial charge in [-0.2, -0.15) is 4.89 Å². The maximum absolute atomic E-state index is 11.7. The molecule has 0 aliphatic rings. The Hall–Kier alpha value is -1.57. The first-order valence-electron chi connectivity index (χ1n) is 14.6. The maximum Gasteiger partial charge on any atom is 0.495 e. The molecule has 2 aromatic carbocycles. The molecule has 0 spiro atoms. The van der Waals surface area contributed by atoms with Gasteiger partial charge in [0.15, 0.2) is 17.7 Å². The van der Waals surface area contributed by atoms with Crippen LogP contribution in [0, 0.1) is 0 Å². The minimum atomic E-state index is -3.14. The van der Waals surface area contributed by atoms with Gasteiger partial charge in [0.05, 0.1) is 0 Å². The third kappa shape index (κ3) is 11.8.